The number of nitrogens with two attached hydrogens (primary N) is 1. The molecule has 1 saturated carbocycles. The van der Waals surface area contributed by atoms with E-state index in [2.05, 4.69) is 9.71 Å². The number of rotatable bonds is 9. The highest BCUT2D eigenvalue weighted by atomic mass is 32.2. The van der Waals surface area contributed by atoms with Crippen molar-refractivity contribution in [2.24, 2.45) is 5.73 Å². The predicted molar refractivity (Wildman–Crippen MR) is 138 cm³/mol. The molecule has 1 fully saturated rings. The number of pyridine rings is 1. The Morgan fingerprint density at radius 3 is 2.20 bits per heavy atom. The van der Waals surface area contributed by atoms with Crippen LogP contribution in [0.3, 0.4) is 0 Å². The van der Waals surface area contributed by atoms with Gasteiger partial charge in [-0.1, -0.05) is 25.3 Å². The summed E-state index contributed by atoms with van der Waals surface area (Å²) in [5.41, 5.74) is 6.78. The van der Waals surface area contributed by atoms with Crippen LogP contribution in [0.2, 0.25) is 0 Å². The average Bonchev–Trinajstić information content (AvgIpc) is 2.96. The maximum Gasteiger partial charge on any atom is 0.252 e. The van der Waals surface area contributed by atoms with Gasteiger partial charge in [-0.2, -0.15) is 0 Å². The van der Waals surface area contributed by atoms with Gasteiger partial charge in [0.15, 0.2) is 23.3 Å². The van der Waals surface area contributed by atoms with Gasteiger partial charge in [0.1, 0.15) is 10.6 Å². The Hall–Kier alpha value is -3.71. The zero-order chi connectivity index (χ0) is 29.0. The summed E-state index contributed by atoms with van der Waals surface area (Å²) in [6.07, 6.45) is 7.40. The molecule has 7 nitrogen and oxygen atoms in total. The Bertz CT molecular complexity index is 1390. The number of carbonyl (C=O) groups excluding carboxylic acids is 2. The van der Waals surface area contributed by atoms with Gasteiger partial charge in [-0.15, -0.1) is 0 Å². The SMILES string of the molecule is NC(=O)c1ccc(N(Cc2ccc(C3CCCCC3)cn2)C(=O)CNSc2c(F)c(F)c(F)c(F)c2F)cc1O. The van der Waals surface area contributed by atoms with Crippen LogP contribution < -0.4 is 15.4 Å². The first-order valence-electron chi connectivity index (χ1n) is 12.4. The Balaban J connectivity index is 1.54. The normalized spacial score (nSPS) is 13.8. The lowest BCUT2D eigenvalue weighted by Crippen LogP contribution is -2.36. The molecule has 1 aromatic heterocycles. The number of carbonyl (C=O) groups is 2. The molecule has 4 N–H and O–H groups in total. The van der Waals surface area contributed by atoms with Crippen molar-refractivity contribution in [2.45, 2.75) is 49.5 Å². The molecule has 0 aliphatic heterocycles. The van der Waals surface area contributed by atoms with Crippen LogP contribution in [0.5, 0.6) is 5.75 Å². The molecule has 2 amide bonds. The number of hydrogen-bond donors (Lipinski definition) is 3. The first-order valence-corrected chi connectivity index (χ1v) is 13.2. The minimum atomic E-state index is -2.29. The van der Waals surface area contributed by atoms with Gasteiger partial charge in [-0.3, -0.25) is 19.3 Å². The van der Waals surface area contributed by atoms with Crippen molar-refractivity contribution in [1.29, 1.82) is 0 Å². The summed E-state index contributed by atoms with van der Waals surface area (Å²) in [7, 11) is 0. The largest absolute Gasteiger partial charge is 0.507 e. The summed E-state index contributed by atoms with van der Waals surface area (Å²) in [6, 6.07) is 7.44. The zero-order valence-electron chi connectivity index (χ0n) is 21.0. The standard InChI is InChI=1S/C27H25F5N4O3S/c28-21-22(29)24(31)26(25(32)23(21)30)40-35-12-20(38)36(17-8-9-18(27(33)39)19(37)10-17)13-16-7-6-15(11-34-16)14-4-2-1-3-5-14/h6-11,14,35,37H,1-5,12-13H2,(H2,33,39). The first-order chi connectivity index (χ1) is 19.1. The topological polar surface area (TPSA) is 109 Å². The number of nitrogens with one attached hydrogen (secondary N) is 1. The number of amides is 2. The highest BCUT2D eigenvalue weighted by molar-refractivity contribution is 7.97. The average molecular weight is 581 g/mol. The van der Waals surface area contributed by atoms with Gasteiger partial charge in [0.05, 0.1) is 24.3 Å². The van der Waals surface area contributed by atoms with Crippen molar-refractivity contribution < 1.29 is 36.6 Å². The Labute approximate surface area is 230 Å². The highest BCUT2D eigenvalue weighted by Gasteiger charge is 2.27. The number of nitrogens with zero attached hydrogens (tertiary/aromatic N) is 2. The van der Waals surface area contributed by atoms with Gasteiger partial charge in [0.25, 0.3) is 5.91 Å². The number of benzene rings is 2. The highest BCUT2D eigenvalue weighted by Crippen LogP contribution is 2.33. The fourth-order valence-electron chi connectivity index (χ4n) is 4.53. The number of anilines is 1. The summed E-state index contributed by atoms with van der Waals surface area (Å²) in [5.74, 6) is -12.2. The summed E-state index contributed by atoms with van der Waals surface area (Å²) in [5, 5.41) is 10.2. The third-order valence-corrected chi connectivity index (χ3v) is 7.52. The summed E-state index contributed by atoms with van der Waals surface area (Å²) < 4.78 is 70.7. The van der Waals surface area contributed by atoms with E-state index in [-0.39, 0.29) is 29.7 Å². The smallest absolute Gasteiger partial charge is 0.252 e. The second-order valence-electron chi connectivity index (χ2n) is 9.29. The molecule has 1 heterocycles. The van der Waals surface area contributed by atoms with Crippen LogP contribution in [0.4, 0.5) is 27.6 Å². The second-order valence-corrected chi connectivity index (χ2v) is 10.2. The van der Waals surface area contributed by atoms with E-state index in [1.807, 2.05) is 6.07 Å². The van der Waals surface area contributed by atoms with Crippen molar-refractivity contribution in [3.63, 3.8) is 0 Å². The van der Waals surface area contributed by atoms with Crippen LogP contribution in [0.15, 0.2) is 41.4 Å². The molecule has 4 rings (SSSR count). The van der Waals surface area contributed by atoms with Crippen LogP contribution >= 0.6 is 11.9 Å². The molecule has 1 aliphatic rings. The van der Waals surface area contributed by atoms with E-state index < -0.39 is 58.1 Å². The summed E-state index contributed by atoms with van der Waals surface area (Å²) in [6.45, 7) is -0.698. The predicted octanol–water partition coefficient (Wildman–Crippen LogP) is 5.46. The molecular formula is C27H25F5N4O3S. The van der Waals surface area contributed by atoms with E-state index in [1.165, 1.54) is 23.5 Å². The number of halogens is 5. The van der Waals surface area contributed by atoms with Crippen LogP contribution in [0, 0.1) is 29.1 Å². The lowest BCUT2D eigenvalue weighted by Gasteiger charge is -2.24. The maximum atomic E-state index is 14.0. The molecule has 0 spiro atoms. The second kappa shape index (κ2) is 12.6. The number of primary amides is 1. The molecule has 40 heavy (non-hydrogen) atoms. The van der Waals surface area contributed by atoms with Gasteiger partial charge in [0, 0.05) is 18.0 Å². The monoisotopic (exact) mass is 580 g/mol. The third kappa shape index (κ3) is 6.36. The van der Waals surface area contributed by atoms with Crippen LogP contribution in [-0.2, 0) is 11.3 Å². The Morgan fingerprint density at radius 2 is 1.62 bits per heavy atom. The van der Waals surface area contributed by atoms with E-state index in [9.17, 15) is 36.6 Å². The Morgan fingerprint density at radius 1 is 0.975 bits per heavy atom. The molecule has 1 aliphatic carbocycles. The Kier molecular flexibility index (Phi) is 9.25. The van der Waals surface area contributed by atoms with E-state index in [0.717, 1.165) is 37.3 Å². The van der Waals surface area contributed by atoms with Gasteiger partial charge in [-0.05, 0) is 54.5 Å². The first kappa shape index (κ1) is 29.3. The fraction of sp³-hybridized carbons (Fsp3) is 0.296. The van der Waals surface area contributed by atoms with E-state index in [1.54, 1.807) is 12.3 Å². The molecule has 0 atom stereocenters. The minimum Gasteiger partial charge on any atom is -0.507 e. The van der Waals surface area contributed by atoms with Crippen molar-refractivity contribution >= 4 is 29.4 Å². The molecule has 212 valence electrons. The molecule has 0 radical (unpaired) electrons. The molecule has 0 unspecified atom stereocenters. The fourth-order valence-corrected chi connectivity index (χ4v) is 5.23. The minimum absolute atomic E-state index is 0.0648. The number of phenols is 1. The zero-order valence-corrected chi connectivity index (χ0v) is 21.8. The summed E-state index contributed by atoms with van der Waals surface area (Å²) in [4.78, 5) is 29.2. The number of aromatic nitrogens is 1. The van der Waals surface area contributed by atoms with Gasteiger partial charge >= 0.3 is 0 Å². The van der Waals surface area contributed by atoms with Crippen molar-refractivity contribution in [3.8, 4) is 5.75 Å². The van der Waals surface area contributed by atoms with E-state index in [4.69, 9.17) is 5.73 Å². The van der Waals surface area contributed by atoms with E-state index >= 15 is 0 Å². The van der Waals surface area contributed by atoms with Crippen LogP contribution in [-0.4, -0.2) is 28.4 Å². The maximum absolute atomic E-state index is 14.0. The van der Waals surface area contributed by atoms with Gasteiger partial charge < -0.3 is 15.7 Å². The van der Waals surface area contributed by atoms with Crippen molar-refractivity contribution in [3.05, 3.63) is 82.4 Å². The number of aromatic hydroxyl groups is 1. The molecular weight excluding hydrogens is 555 g/mol. The van der Waals surface area contributed by atoms with Crippen molar-refractivity contribution in [1.82, 2.24) is 9.71 Å². The van der Waals surface area contributed by atoms with E-state index in [0.29, 0.717) is 11.6 Å². The number of hydrogen-bond acceptors (Lipinski definition) is 6. The van der Waals surface area contributed by atoms with Crippen LogP contribution in [0.25, 0.3) is 0 Å². The lowest BCUT2D eigenvalue weighted by atomic mass is 9.85. The van der Waals surface area contributed by atoms with Gasteiger partial charge in [-0.25, -0.2) is 22.0 Å². The lowest BCUT2D eigenvalue weighted by molar-refractivity contribution is -0.117. The molecule has 0 bridgehead atoms. The van der Waals surface area contributed by atoms with Crippen molar-refractivity contribution in [2.75, 3.05) is 11.4 Å². The molecule has 2 aromatic carbocycles. The van der Waals surface area contributed by atoms with Crippen LogP contribution in [0.1, 0.15) is 59.6 Å². The molecule has 3 aromatic rings. The van der Waals surface area contributed by atoms with Gasteiger partial charge in [0.2, 0.25) is 11.7 Å². The summed E-state index contributed by atoms with van der Waals surface area (Å²) >= 11 is 0.0648. The molecule has 13 heteroatoms. The molecule has 0 saturated heterocycles. The third-order valence-electron chi connectivity index (χ3n) is 6.67. The quantitative estimate of drug-likeness (QED) is 0.134.